The third kappa shape index (κ3) is 2.90. The third-order valence-electron chi connectivity index (χ3n) is 3.80. The van der Waals surface area contributed by atoms with Gasteiger partial charge in [0.2, 0.25) is 0 Å². The van der Waals surface area contributed by atoms with Crippen molar-refractivity contribution in [1.82, 2.24) is 0 Å². The molecule has 0 spiro atoms. The molecule has 0 amide bonds. The summed E-state index contributed by atoms with van der Waals surface area (Å²) in [6, 6.07) is 2.40. The van der Waals surface area contributed by atoms with Gasteiger partial charge in [0.15, 0.2) is 0 Å². The molecular formula is C13H17FN2O3. The minimum Gasteiger partial charge on any atom is -0.391 e. The van der Waals surface area contributed by atoms with Crippen molar-refractivity contribution in [2.45, 2.75) is 37.8 Å². The molecule has 0 unspecified atom stereocenters. The van der Waals surface area contributed by atoms with Crippen LogP contribution in [0.2, 0.25) is 0 Å². The fourth-order valence-electron chi connectivity index (χ4n) is 2.73. The van der Waals surface area contributed by atoms with Gasteiger partial charge in [-0.1, -0.05) is 12.8 Å². The fourth-order valence-corrected chi connectivity index (χ4v) is 2.73. The van der Waals surface area contributed by atoms with Crippen molar-refractivity contribution in [3.63, 3.8) is 0 Å². The molecule has 1 aliphatic rings. The Morgan fingerprint density at radius 1 is 1.42 bits per heavy atom. The van der Waals surface area contributed by atoms with Gasteiger partial charge in [-0.2, -0.15) is 0 Å². The predicted octanol–water partition coefficient (Wildman–Crippen LogP) is 2.28. The van der Waals surface area contributed by atoms with E-state index in [0.717, 1.165) is 37.8 Å². The highest BCUT2D eigenvalue weighted by atomic mass is 19.1. The summed E-state index contributed by atoms with van der Waals surface area (Å²) in [5.74, 6) is -0.613. The van der Waals surface area contributed by atoms with E-state index in [0.29, 0.717) is 0 Å². The first-order valence-corrected chi connectivity index (χ1v) is 6.38. The number of nitrogens with zero attached hydrogens (tertiary/aromatic N) is 1. The van der Waals surface area contributed by atoms with E-state index < -0.39 is 22.9 Å². The number of benzene rings is 1. The van der Waals surface area contributed by atoms with Gasteiger partial charge in [0.1, 0.15) is 5.82 Å². The lowest BCUT2D eigenvalue weighted by atomic mass is 9.90. The van der Waals surface area contributed by atoms with Gasteiger partial charge in [0, 0.05) is 5.56 Å². The third-order valence-corrected chi connectivity index (χ3v) is 3.80. The van der Waals surface area contributed by atoms with Crippen molar-refractivity contribution in [3.8, 4) is 0 Å². The molecule has 1 aromatic rings. The number of hydrogen-bond acceptors (Lipinski definition) is 4. The van der Waals surface area contributed by atoms with Crippen molar-refractivity contribution < 1.29 is 14.4 Å². The Balaban J connectivity index is 2.27. The zero-order valence-corrected chi connectivity index (χ0v) is 10.5. The summed E-state index contributed by atoms with van der Waals surface area (Å²) in [5, 5.41) is 21.1. The molecule has 1 saturated carbocycles. The molecule has 19 heavy (non-hydrogen) atoms. The summed E-state index contributed by atoms with van der Waals surface area (Å²) < 4.78 is 13.1. The Labute approximate surface area is 110 Å². The Morgan fingerprint density at radius 2 is 2.05 bits per heavy atom. The number of nitrogens with two attached hydrogens (primary N) is 1. The molecule has 2 rings (SSSR count). The topological polar surface area (TPSA) is 89.4 Å². The van der Waals surface area contributed by atoms with E-state index in [4.69, 9.17) is 5.73 Å². The first kappa shape index (κ1) is 13.9. The van der Waals surface area contributed by atoms with E-state index in [2.05, 4.69) is 0 Å². The first-order valence-electron chi connectivity index (χ1n) is 6.38. The molecule has 104 valence electrons. The molecule has 0 aliphatic heterocycles. The maximum atomic E-state index is 13.1. The zero-order valence-electron chi connectivity index (χ0n) is 10.5. The molecule has 1 aliphatic carbocycles. The summed E-state index contributed by atoms with van der Waals surface area (Å²) in [7, 11) is 0. The molecule has 2 atom stereocenters. The van der Waals surface area contributed by atoms with E-state index in [1.165, 1.54) is 6.07 Å². The molecule has 1 aromatic carbocycles. The molecular weight excluding hydrogens is 251 g/mol. The zero-order chi connectivity index (χ0) is 14.0. The predicted molar refractivity (Wildman–Crippen MR) is 67.9 cm³/mol. The number of nitro benzene ring substituents is 1. The lowest BCUT2D eigenvalue weighted by molar-refractivity contribution is -0.386. The van der Waals surface area contributed by atoms with E-state index in [9.17, 15) is 19.6 Å². The highest BCUT2D eigenvalue weighted by Crippen LogP contribution is 2.35. The van der Waals surface area contributed by atoms with Crippen LogP contribution in [0.4, 0.5) is 10.1 Å². The van der Waals surface area contributed by atoms with Crippen LogP contribution >= 0.6 is 0 Å². The molecule has 6 heteroatoms. The maximum absolute atomic E-state index is 13.1. The van der Waals surface area contributed by atoms with E-state index in [1.54, 1.807) is 0 Å². The second kappa shape index (κ2) is 5.63. The smallest absolute Gasteiger partial charge is 0.277 e. The van der Waals surface area contributed by atoms with Gasteiger partial charge in [-0.05, 0) is 30.9 Å². The summed E-state index contributed by atoms with van der Waals surface area (Å²) in [5.41, 5.74) is 5.75. The molecule has 0 aromatic heterocycles. The van der Waals surface area contributed by atoms with Gasteiger partial charge in [-0.25, -0.2) is 4.39 Å². The second-order valence-electron chi connectivity index (χ2n) is 5.02. The van der Waals surface area contributed by atoms with Gasteiger partial charge in [-0.3, -0.25) is 10.1 Å². The number of halogens is 1. The summed E-state index contributed by atoms with van der Waals surface area (Å²) in [6.45, 7) is 0. The lowest BCUT2D eigenvalue weighted by Crippen LogP contribution is -2.32. The van der Waals surface area contributed by atoms with Gasteiger partial charge < -0.3 is 10.8 Å². The van der Waals surface area contributed by atoms with E-state index >= 15 is 0 Å². The highest BCUT2D eigenvalue weighted by molar-refractivity contribution is 5.43. The number of hydrogen-bond donors (Lipinski definition) is 2. The van der Waals surface area contributed by atoms with Crippen LogP contribution in [0.25, 0.3) is 0 Å². The Morgan fingerprint density at radius 3 is 2.63 bits per heavy atom. The largest absolute Gasteiger partial charge is 0.391 e. The van der Waals surface area contributed by atoms with Gasteiger partial charge >= 0.3 is 0 Å². The monoisotopic (exact) mass is 268 g/mol. The number of aliphatic hydroxyl groups is 1. The first-order chi connectivity index (χ1) is 9.00. The summed E-state index contributed by atoms with van der Waals surface area (Å²) >= 11 is 0. The Hall–Kier alpha value is -1.53. The van der Waals surface area contributed by atoms with Crippen molar-refractivity contribution >= 4 is 5.69 Å². The number of rotatable bonds is 4. The van der Waals surface area contributed by atoms with Crippen LogP contribution in [0.1, 0.15) is 37.3 Å². The molecule has 0 heterocycles. The molecule has 0 bridgehead atoms. The minimum atomic E-state index is -0.857. The van der Waals surface area contributed by atoms with Crippen LogP contribution in [0.5, 0.6) is 0 Å². The number of nitro groups is 1. The van der Waals surface area contributed by atoms with Gasteiger partial charge in [0.25, 0.3) is 5.69 Å². The SMILES string of the molecule is N[C@@H](c1ccc(F)cc1[N+](=O)[O-])[C@H](O)C1CCCC1. The fraction of sp³-hybridized carbons (Fsp3) is 0.538. The lowest BCUT2D eigenvalue weighted by Gasteiger charge is -2.24. The summed E-state index contributed by atoms with van der Waals surface area (Å²) in [4.78, 5) is 10.3. The molecule has 0 radical (unpaired) electrons. The molecule has 5 nitrogen and oxygen atoms in total. The number of aliphatic hydroxyl groups excluding tert-OH is 1. The Bertz CT molecular complexity index is 475. The summed E-state index contributed by atoms with van der Waals surface area (Å²) in [6.07, 6.45) is 3.01. The molecule has 0 saturated heterocycles. The maximum Gasteiger partial charge on any atom is 0.277 e. The van der Waals surface area contributed by atoms with Crippen molar-refractivity contribution in [1.29, 1.82) is 0 Å². The van der Waals surface area contributed by atoms with Crippen LogP contribution < -0.4 is 5.73 Å². The van der Waals surface area contributed by atoms with Crippen molar-refractivity contribution in [2.75, 3.05) is 0 Å². The van der Waals surface area contributed by atoms with Crippen LogP contribution in [0.3, 0.4) is 0 Å². The minimum absolute atomic E-state index is 0.0691. The quantitative estimate of drug-likeness (QED) is 0.647. The molecule has 3 N–H and O–H groups in total. The van der Waals surface area contributed by atoms with Gasteiger partial charge in [-0.15, -0.1) is 0 Å². The van der Waals surface area contributed by atoms with E-state index in [1.807, 2.05) is 0 Å². The van der Waals surface area contributed by atoms with E-state index in [-0.39, 0.29) is 17.2 Å². The Kier molecular flexibility index (Phi) is 4.11. The van der Waals surface area contributed by atoms with Crippen molar-refractivity contribution in [2.24, 2.45) is 11.7 Å². The van der Waals surface area contributed by atoms with Crippen molar-refractivity contribution in [3.05, 3.63) is 39.7 Å². The second-order valence-corrected chi connectivity index (χ2v) is 5.02. The van der Waals surface area contributed by atoms with Crippen LogP contribution in [0.15, 0.2) is 18.2 Å². The van der Waals surface area contributed by atoms with Gasteiger partial charge in [0.05, 0.1) is 23.1 Å². The normalized spacial score (nSPS) is 19.3. The molecule has 1 fully saturated rings. The van der Waals surface area contributed by atoms with Crippen LogP contribution in [0, 0.1) is 21.8 Å². The highest BCUT2D eigenvalue weighted by Gasteiger charge is 2.32. The van der Waals surface area contributed by atoms with Crippen LogP contribution in [-0.2, 0) is 0 Å². The van der Waals surface area contributed by atoms with Crippen LogP contribution in [-0.4, -0.2) is 16.1 Å². The average molecular weight is 268 g/mol. The average Bonchev–Trinajstić information content (AvgIpc) is 2.90. The standard InChI is InChI=1S/C13H17FN2O3/c14-9-5-6-10(11(7-9)16(18)19)12(15)13(17)8-3-1-2-4-8/h5-8,12-13,17H,1-4,15H2/t12-,13+/m0/s1.